The minimum absolute atomic E-state index is 0.0556. The van der Waals surface area contributed by atoms with Gasteiger partial charge in [0.1, 0.15) is 11.5 Å². The largest absolute Gasteiger partial charge is 0.495 e. The van der Waals surface area contributed by atoms with Crippen molar-refractivity contribution in [2.75, 3.05) is 20.3 Å². The number of nitrogens with two attached hydrogens (primary N) is 1. The second-order valence-electron chi connectivity index (χ2n) is 7.10. The average Bonchev–Trinajstić information content (AvgIpc) is 3.05. The van der Waals surface area contributed by atoms with Gasteiger partial charge in [0.05, 0.1) is 25.3 Å². The number of aliphatic hydroxyl groups excluding tert-OH is 1. The van der Waals surface area contributed by atoms with Crippen LogP contribution < -0.4 is 15.2 Å². The van der Waals surface area contributed by atoms with E-state index >= 15 is 0 Å². The lowest BCUT2D eigenvalue weighted by molar-refractivity contribution is 0.198. The van der Waals surface area contributed by atoms with Gasteiger partial charge in [-0.25, -0.2) is 0 Å². The molecular formula is C21H26ClNO3. The predicted octanol–water partition coefficient (Wildman–Crippen LogP) is 3.93. The van der Waals surface area contributed by atoms with Gasteiger partial charge in [-0.15, -0.1) is 0 Å². The number of aliphatic hydroxyl groups is 1. The van der Waals surface area contributed by atoms with Gasteiger partial charge in [-0.2, -0.15) is 0 Å². The van der Waals surface area contributed by atoms with E-state index in [4.69, 9.17) is 26.8 Å². The maximum atomic E-state index is 9.41. The van der Waals surface area contributed by atoms with Crippen LogP contribution in [0.2, 0.25) is 5.02 Å². The van der Waals surface area contributed by atoms with Crippen LogP contribution in [0, 0.1) is 0 Å². The summed E-state index contributed by atoms with van der Waals surface area (Å²) in [4.78, 5) is 0. The molecule has 0 bridgehead atoms. The molecule has 0 aliphatic heterocycles. The van der Waals surface area contributed by atoms with Gasteiger partial charge >= 0.3 is 0 Å². The monoisotopic (exact) mass is 375 g/mol. The zero-order chi connectivity index (χ0) is 18.6. The highest BCUT2D eigenvalue weighted by Crippen LogP contribution is 2.39. The van der Waals surface area contributed by atoms with Gasteiger partial charge in [0, 0.05) is 12.0 Å². The van der Waals surface area contributed by atoms with Crippen molar-refractivity contribution < 1.29 is 14.6 Å². The van der Waals surface area contributed by atoms with Gasteiger partial charge < -0.3 is 20.3 Å². The molecule has 0 radical (unpaired) electrons. The number of halogens is 1. The minimum atomic E-state index is -0.417. The van der Waals surface area contributed by atoms with Crippen LogP contribution in [0.25, 0.3) is 0 Å². The van der Waals surface area contributed by atoms with Gasteiger partial charge in [0.25, 0.3) is 0 Å². The van der Waals surface area contributed by atoms with Crippen molar-refractivity contribution >= 4 is 11.6 Å². The smallest absolute Gasteiger partial charge is 0.137 e. The Morgan fingerprint density at radius 1 is 1.23 bits per heavy atom. The van der Waals surface area contributed by atoms with Gasteiger partial charge in [-0.3, -0.25) is 0 Å². The second kappa shape index (κ2) is 8.30. The summed E-state index contributed by atoms with van der Waals surface area (Å²) >= 11 is 6.15. The van der Waals surface area contributed by atoms with Crippen molar-refractivity contribution in [1.29, 1.82) is 0 Å². The molecule has 0 aromatic heterocycles. The predicted molar refractivity (Wildman–Crippen MR) is 104 cm³/mol. The van der Waals surface area contributed by atoms with Gasteiger partial charge in [0.15, 0.2) is 0 Å². The molecule has 1 aliphatic rings. The zero-order valence-electron chi connectivity index (χ0n) is 15.1. The Hall–Kier alpha value is -1.75. The molecule has 1 aliphatic carbocycles. The molecule has 0 saturated heterocycles. The van der Waals surface area contributed by atoms with Crippen molar-refractivity contribution in [1.82, 2.24) is 0 Å². The van der Waals surface area contributed by atoms with E-state index in [-0.39, 0.29) is 6.61 Å². The molecule has 5 heteroatoms. The Bertz CT molecular complexity index is 735. The Morgan fingerprint density at radius 3 is 2.62 bits per heavy atom. The first kappa shape index (κ1) is 19.0. The van der Waals surface area contributed by atoms with Crippen LogP contribution in [-0.2, 0) is 6.42 Å². The Kier molecular flexibility index (Phi) is 6.07. The fourth-order valence-electron chi connectivity index (χ4n) is 3.57. The fourth-order valence-corrected chi connectivity index (χ4v) is 3.85. The average molecular weight is 376 g/mol. The van der Waals surface area contributed by atoms with Crippen molar-refractivity contribution in [3.05, 3.63) is 58.6 Å². The number of hydrogen-bond acceptors (Lipinski definition) is 4. The lowest BCUT2D eigenvalue weighted by Gasteiger charge is -2.21. The molecule has 3 rings (SSSR count). The summed E-state index contributed by atoms with van der Waals surface area (Å²) < 4.78 is 11.0. The van der Waals surface area contributed by atoms with Crippen LogP contribution in [0.5, 0.6) is 11.5 Å². The van der Waals surface area contributed by atoms with Crippen LogP contribution in [0.15, 0.2) is 42.5 Å². The molecule has 26 heavy (non-hydrogen) atoms. The van der Waals surface area contributed by atoms with Crippen molar-refractivity contribution in [2.45, 2.75) is 37.1 Å². The van der Waals surface area contributed by atoms with Crippen molar-refractivity contribution in [3.63, 3.8) is 0 Å². The second-order valence-corrected chi connectivity index (χ2v) is 7.50. The number of hydrogen-bond donors (Lipinski definition) is 2. The SMILES string of the molecule is COc1ccc(CCOc2ccc([C@@H]3CC[C@](N)(CO)C3)cc2)cc1Cl. The van der Waals surface area contributed by atoms with E-state index in [1.807, 2.05) is 30.3 Å². The maximum Gasteiger partial charge on any atom is 0.137 e. The van der Waals surface area contributed by atoms with Crippen LogP contribution >= 0.6 is 11.6 Å². The molecule has 2 aromatic carbocycles. The standard InChI is InChI=1S/C21H26ClNO3/c1-25-20-7-2-15(12-19(20)22)9-11-26-18-5-3-16(4-6-18)17-8-10-21(23,13-17)14-24/h2-7,12,17,24H,8-11,13-14,23H2,1H3/t17-,21-/m1/s1. The van der Waals surface area contributed by atoms with Crippen molar-refractivity contribution in [3.8, 4) is 11.5 Å². The highest BCUT2D eigenvalue weighted by Gasteiger charge is 2.35. The van der Waals surface area contributed by atoms with E-state index in [1.54, 1.807) is 7.11 Å². The maximum absolute atomic E-state index is 9.41. The van der Waals surface area contributed by atoms with Gasteiger partial charge in [-0.1, -0.05) is 29.8 Å². The molecule has 2 atom stereocenters. The molecular weight excluding hydrogens is 350 g/mol. The van der Waals surface area contributed by atoms with Crippen LogP contribution in [0.1, 0.15) is 36.3 Å². The van der Waals surface area contributed by atoms with Crippen LogP contribution in [0.3, 0.4) is 0 Å². The third-order valence-electron chi connectivity index (χ3n) is 5.19. The number of ether oxygens (including phenoxy) is 2. The molecule has 0 heterocycles. The Balaban J connectivity index is 1.51. The summed E-state index contributed by atoms with van der Waals surface area (Å²) in [5, 5.41) is 10.0. The highest BCUT2D eigenvalue weighted by atomic mass is 35.5. The summed E-state index contributed by atoms with van der Waals surface area (Å²) in [5.41, 5.74) is 8.13. The topological polar surface area (TPSA) is 64.7 Å². The minimum Gasteiger partial charge on any atom is -0.495 e. The normalized spacial score (nSPS) is 22.4. The van der Waals surface area contributed by atoms with E-state index in [0.717, 1.165) is 37.0 Å². The Labute approximate surface area is 159 Å². The van der Waals surface area contributed by atoms with E-state index in [2.05, 4.69) is 12.1 Å². The molecule has 1 fully saturated rings. The summed E-state index contributed by atoms with van der Waals surface area (Å²) in [6.45, 7) is 0.641. The quantitative estimate of drug-likeness (QED) is 0.769. The van der Waals surface area contributed by atoms with E-state index in [1.165, 1.54) is 5.56 Å². The summed E-state index contributed by atoms with van der Waals surface area (Å²) in [6, 6.07) is 14.0. The summed E-state index contributed by atoms with van der Waals surface area (Å²) in [5.74, 6) is 1.96. The molecule has 1 saturated carbocycles. The van der Waals surface area contributed by atoms with E-state index in [9.17, 15) is 5.11 Å². The third-order valence-corrected chi connectivity index (χ3v) is 5.48. The summed E-state index contributed by atoms with van der Waals surface area (Å²) in [6.07, 6.45) is 3.51. The lowest BCUT2D eigenvalue weighted by atomic mass is 9.94. The van der Waals surface area contributed by atoms with E-state index in [0.29, 0.717) is 23.3 Å². The summed E-state index contributed by atoms with van der Waals surface area (Å²) in [7, 11) is 1.61. The number of rotatable bonds is 7. The first-order valence-electron chi connectivity index (χ1n) is 8.98. The molecule has 4 nitrogen and oxygen atoms in total. The zero-order valence-corrected chi connectivity index (χ0v) is 15.8. The fraction of sp³-hybridized carbons (Fsp3) is 0.429. The van der Waals surface area contributed by atoms with E-state index < -0.39 is 5.54 Å². The van der Waals surface area contributed by atoms with Gasteiger partial charge in [0.2, 0.25) is 0 Å². The van der Waals surface area contributed by atoms with Gasteiger partial charge in [-0.05, 0) is 60.6 Å². The first-order valence-corrected chi connectivity index (χ1v) is 9.36. The molecule has 140 valence electrons. The lowest BCUT2D eigenvalue weighted by Crippen LogP contribution is -2.40. The molecule has 0 amide bonds. The molecule has 0 spiro atoms. The van der Waals surface area contributed by atoms with Crippen LogP contribution in [-0.4, -0.2) is 31.0 Å². The number of methoxy groups -OCH3 is 1. The highest BCUT2D eigenvalue weighted by molar-refractivity contribution is 6.32. The Morgan fingerprint density at radius 2 is 2.00 bits per heavy atom. The first-order chi connectivity index (χ1) is 12.5. The number of benzene rings is 2. The molecule has 0 unspecified atom stereocenters. The third kappa shape index (κ3) is 4.50. The molecule has 3 N–H and O–H groups in total. The van der Waals surface area contributed by atoms with Crippen molar-refractivity contribution in [2.24, 2.45) is 5.73 Å². The van der Waals surface area contributed by atoms with Crippen LogP contribution in [0.4, 0.5) is 0 Å². The molecule has 2 aromatic rings.